The summed E-state index contributed by atoms with van der Waals surface area (Å²) in [6, 6.07) is 0.218. The van der Waals surface area contributed by atoms with E-state index in [1.165, 1.54) is 19.3 Å². The molecule has 1 saturated carbocycles. The third-order valence-electron chi connectivity index (χ3n) is 3.97. The number of aromatic nitrogens is 4. The molecule has 18 heavy (non-hydrogen) atoms. The van der Waals surface area contributed by atoms with Gasteiger partial charge in [-0.25, -0.2) is 4.68 Å². The lowest BCUT2D eigenvalue weighted by atomic mass is 10.0. The van der Waals surface area contributed by atoms with Crippen molar-refractivity contribution in [3.63, 3.8) is 0 Å². The molecular weight excluding hydrogens is 226 g/mol. The van der Waals surface area contributed by atoms with Gasteiger partial charge in [0.25, 0.3) is 0 Å². The standard InChI is InChI=1S/C13H25N5/c1-5-13(6-7-13)9-18-12(15-16-17-18)11(4)14-8-10(2)3/h10-11,14H,5-9H2,1-4H3. The Morgan fingerprint density at radius 1 is 1.33 bits per heavy atom. The summed E-state index contributed by atoms with van der Waals surface area (Å²) in [7, 11) is 0. The Kier molecular flexibility index (Phi) is 4.00. The van der Waals surface area contributed by atoms with Gasteiger partial charge < -0.3 is 5.32 Å². The fraction of sp³-hybridized carbons (Fsp3) is 0.923. The van der Waals surface area contributed by atoms with Crippen molar-refractivity contribution in [1.29, 1.82) is 0 Å². The molecule has 1 N–H and O–H groups in total. The van der Waals surface area contributed by atoms with Crippen LogP contribution in [0.15, 0.2) is 0 Å². The molecule has 1 aromatic heterocycles. The van der Waals surface area contributed by atoms with Crippen molar-refractivity contribution < 1.29 is 0 Å². The molecule has 1 unspecified atom stereocenters. The van der Waals surface area contributed by atoms with Crippen LogP contribution in [0.5, 0.6) is 0 Å². The molecule has 1 fully saturated rings. The summed E-state index contributed by atoms with van der Waals surface area (Å²) in [6.07, 6.45) is 3.85. The van der Waals surface area contributed by atoms with Gasteiger partial charge in [-0.05, 0) is 54.5 Å². The van der Waals surface area contributed by atoms with Crippen LogP contribution >= 0.6 is 0 Å². The molecule has 0 spiro atoms. The summed E-state index contributed by atoms with van der Waals surface area (Å²) in [6.45, 7) is 10.8. The first kappa shape index (κ1) is 13.5. The number of nitrogens with zero attached hydrogens (tertiary/aromatic N) is 4. The maximum Gasteiger partial charge on any atom is 0.167 e. The van der Waals surface area contributed by atoms with E-state index in [0.29, 0.717) is 11.3 Å². The molecule has 0 aliphatic heterocycles. The second kappa shape index (κ2) is 5.34. The molecule has 0 radical (unpaired) electrons. The number of nitrogens with one attached hydrogen (secondary N) is 1. The van der Waals surface area contributed by atoms with Crippen LogP contribution in [-0.2, 0) is 6.54 Å². The fourth-order valence-corrected chi connectivity index (χ4v) is 2.26. The maximum atomic E-state index is 4.18. The summed E-state index contributed by atoms with van der Waals surface area (Å²) in [5.74, 6) is 1.61. The zero-order valence-electron chi connectivity index (χ0n) is 12.0. The molecule has 5 heteroatoms. The third kappa shape index (κ3) is 3.07. The summed E-state index contributed by atoms with van der Waals surface area (Å²) < 4.78 is 1.99. The minimum atomic E-state index is 0.218. The number of hydrogen-bond acceptors (Lipinski definition) is 4. The first-order chi connectivity index (χ1) is 8.56. The van der Waals surface area contributed by atoms with E-state index in [0.717, 1.165) is 18.9 Å². The van der Waals surface area contributed by atoms with E-state index in [1.54, 1.807) is 0 Å². The minimum absolute atomic E-state index is 0.218. The molecule has 102 valence electrons. The zero-order valence-corrected chi connectivity index (χ0v) is 12.0. The SMILES string of the molecule is CCC1(Cn2nnnc2C(C)NCC(C)C)CC1. The molecule has 5 nitrogen and oxygen atoms in total. The van der Waals surface area contributed by atoms with E-state index in [2.05, 4.69) is 48.5 Å². The molecule has 1 aliphatic carbocycles. The molecule has 1 aromatic rings. The average Bonchev–Trinajstić information content (AvgIpc) is 2.96. The number of rotatable bonds is 7. The van der Waals surface area contributed by atoms with Crippen LogP contribution in [0.1, 0.15) is 58.8 Å². The molecule has 0 amide bonds. The van der Waals surface area contributed by atoms with Gasteiger partial charge in [0.05, 0.1) is 12.6 Å². The topological polar surface area (TPSA) is 55.6 Å². The van der Waals surface area contributed by atoms with Crippen LogP contribution < -0.4 is 5.32 Å². The Bertz CT molecular complexity index is 380. The van der Waals surface area contributed by atoms with Gasteiger partial charge in [0.2, 0.25) is 0 Å². The smallest absolute Gasteiger partial charge is 0.167 e. The van der Waals surface area contributed by atoms with Gasteiger partial charge in [-0.15, -0.1) is 5.10 Å². The fourth-order valence-electron chi connectivity index (χ4n) is 2.26. The second-order valence-electron chi connectivity index (χ2n) is 6.07. The third-order valence-corrected chi connectivity index (χ3v) is 3.97. The minimum Gasteiger partial charge on any atom is -0.307 e. The quantitative estimate of drug-likeness (QED) is 0.807. The van der Waals surface area contributed by atoms with Crippen LogP contribution in [0.25, 0.3) is 0 Å². The van der Waals surface area contributed by atoms with Gasteiger partial charge in [-0.1, -0.05) is 20.8 Å². The molecule has 0 aromatic carbocycles. The van der Waals surface area contributed by atoms with Crippen molar-refractivity contribution in [3.05, 3.63) is 5.82 Å². The molecule has 1 atom stereocenters. The first-order valence-electron chi connectivity index (χ1n) is 7.06. The summed E-state index contributed by atoms with van der Waals surface area (Å²) in [5, 5.41) is 15.7. The summed E-state index contributed by atoms with van der Waals surface area (Å²) in [5.41, 5.74) is 0.474. The highest BCUT2D eigenvalue weighted by Gasteiger charge is 2.42. The Hall–Kier alpha value is -0.970. The van der Waals surface area contributed by atoms with Crippen LogP contribution in [0.3, 0.4) is 0 Å². The average molecular weight is 251 g/mol. The van der Waals surface area contributed by atoms with Crippen LogP contribution in [-0.4, -0.2) is 26.8 Å². The van der Waals surface area contributed by atoms with E-state index >= 15 is 0 Å². The summed E-state index contributed by atoms with van der Waals surface area (Å²) in [4.78, 5) is 0. The maximum absolute atomic E-state index is 4.18. The highest BCUT2D eigenvalue weighted by atomic mass is 15.5. The number of hydrogen-bond donors (Lipinski definition) is 1. The lowest BCUT2D eigenvalue weighted by Crippen LogP contribution is -2.27. The Labute approximate surface area is 109 Å². The zero-order chi connectivity index (χ0) is 13.2. The van der Waals surface area contributed by atoms with Crippen molar-refractivity contribution in [1.82, 2.24) is 25.5 Å². The highest BCUT2D eigenvalue weighted by Crippen LogP contribution is 2.49. The molecule has 1 aliphatic rings. The van der Waals surface area contributed by atoms with Crippen molar-refractivity contribution in [2.75, 3.05) is 6.54 Å². The van der Waals surface area contributed by atoms with Gasteiger partial charge >= 0.3 is 0 Å². The Morgan fingerprint density at radius 2 is 2.06 bits per heavy atom. The van der Waals surface area contributed by atoms with E-state index in [4.69, 9.17) is 0 Å². The predicted octanol–water partition coefficient (Wildman–Crippen LogP) is 2.17. The molecule has 1 heterocycles. The normalized spacial score (nSPS) is 19.2. The van der Waals surface area contributed by atoms with Crippen LogP contribution in [0, 0.1) is 11.3 Å². The molecule has 0 bridgehead atoms. The van der Waals surface area contributed by atoms with E-state index in [-0.39, 0.29) is 6.04 Å². The lowest BCUT2D eigenvalue weighted by molar-refractivity contribution is 0.358. The van der Waals surface area contributed by atoms with Crippen molar-refractivity contribution >= 4 is 0 Å². The number of tetrazole rings is 1. The Balaban J connectivity index is 1.98. The van der Waals surface area contributed by atoms with E-state index in [1.807, 2.05) is 4.68 Å². The Morgan fingerprint density at radius 3 is 2.61 bits per heavy atom. The van der Waals surface area contributed by atoms with Gasteiger partial charge in [0, 0.05) is 0 Å². The van der Waals surface area contributed by atoms with Gasteiger partial charge in [0.15, 0.2) is 5.82 Å². The van der Waals surface area contributed by atoms with Gasteiger partial charge in [0.1, 0.15) is 0 Å². The van der Waals surface area contributed by atoms with Crippen LogP contribution in [0.2, 0.25) is 0 Å². The van der Waals surface area contributed by atoms with Crippen molar-refractivity contribution in [3.8, 4) is 0 Å². The molecule has 0 saturated heterocycles. The first-order valence-corrected chi connectivity index (χ1v) is 7.06. The molecule has 2 rings (SSSR count). The van der Waals surface area contributed by atoms with Crippen LogP contribution in [0.4, 0.5) is 0 Å². The van der Waals surface area contributed by atoms with Gasteiger partial charge in [-0.2, -0.15) is 0 Å². The lowest BCUT2D eigenvalue weighted by Gasteiger charge is -2.17. The van der Waals surface area contributed by atoms with Gasteiger partial charge in [-0.3, -0.25) is 0 Å². The van der Waals surface area contributed by atoms with E-state index in [9.17, 15) is 0 Å². The second-order valence-corrected chi connectivity index (χ2v) is 6.07. The predicted molar refractivity (Wildman–Crippen MR) is 71.0 cm³/mol. The van der Waals surface area contributed by atoms with Crippen molar-refractivity contribution in [2.24, 2.45) is 11.3 Å². The highest BCUT2D eigenvalue weighted by molar-refractivity contribution is 4.96. The largest absolute Gasteiger partial charge is 0.307 e. The van der Waals surface area contributed by atoms with E-state index < -0.39 is 0 Å². The molecular formula is C13H25N5. The summed E-state index contributed by atoms with van der Waals surface area (Å²) >= 11 is 0. The van der Waals surface area contributed by atoms with Crippen molar-refractivity contribution in [2.45, 2.75) is 59.5 Å². The monoisotopic (exact) mass is 251 g/mol.